The van der Waals surface area contributed by atoms with Gasteiger partial charge in [-0.2, -0.15) is 0 Å². The number of hydrogen-bond donors (Lipinski definition) is 0. The fourth-order valence-electron chi connectivity index (χ4n) is 6.33. The first-order valence-electron chi connectivity index (χ1n) is 16.4. The van der Waals surface area contributed by atoms with Crippen LogP contribution in [0.3, 0.4) is 0 Å². The van der Waals surface area contributed by atoms with Gasteiger partial charge in [-0.1, -0.05) is 98.6 Å². The van der Waals surface area contributed by atoms with Gasteiger partial charge in [0.05, 0.1) is 10.8 Å². The van der Waals surface area contributed by atoms with Crippen molar-refractivity contribution in [2.45, 2.75) is 75.9 Å². The monoisotopic (exact) mass is 634 g/mol. The molecular formula is C37H42N6O2S. The zero-order valence-corrected chi connectivity index (χ0v) is 27.7. The molecule has 5 aromatic rings. The third-order valence-electron chi connectivity index (χ3n) is 8.89. The van der Waals surface area contributed by atoms with Crippen LogP contribution in [-0.2, 0) is 17.8 Å². The second-order valence-corrected chi connectivity index (χ2v) is 13.6. The molecule has 0 spiro atoms. The molecule has 8 nitrogen and oxygen atoms in total. The summed E-state index contributed by atoms with van der Waals surface area (Å²) in [5.74, 6) is 0.0446. The Labute approximate surface area is 275 Å². The van der Waals surface area contributed by atoms with Crippen LogP contribution in [0.5, 0.6) is 0 Å². The highest BCUT2D eigenvalue weighted by Gasteiger charge is 2.32. The number of para-hydroxylation sites is 1. The lowest BCUT2D eigenvalue weighted by Gasteiger charge is -2.40. The molecule has 6 rings (SSSR count). The van der Waals surface area contributed by atoms with Crippen LogP contribution in [0.4, 0.5) is 0 Å². The van der Waals surface area contributed by atoms with Gasteiger partial charge in [0.15, 0.2) is 5.65 Å². The molecule has 0 saturated carbocycles. The number of carbonyl (C=O) groups excluding carboxylic acids is 2. The summed E-state index contributed by atoms with van der Waals surface area (Å²) in [6, 6.07) is 26.4. The molecule has 0 radical (unpaired) electrons. The van der Waals surface area contributed by atoms with E-state index in [1.807, 2.05) is 72.2 Å². The third kappa shape index (κ3) is 6.94. The van der Waals surface area contributed by atoms with E-state index in [1.165, 1.54) is 48.6 Å². The number of fused-ring (bicyclic) bond motifs is 3. The molecule has 3 aromatic carbocycles. The van der Waals surface area contributed by atoms with E-state index in [-0.39, 0.29) is 17.9 Å². The van der Waals surface area contributed by atoms with E-state index in [9.17, 15) is 9.59 Å². The van der Waals surface area contributed by atoms with Gasteiger partial charge in [0.2, 0.25) is 11.1 Å². The summed E-state index contributed by atoms with van der Waals surface area (Å²) < 4.78 is 2.17. The SMILES string of the molecule is CCCCCCc1ccc(C(=O)N2CCN(C(=O)C(C)Sc3nnc4c5ccccc5n(Cc5ccccc5)c4n3)CC2C)cc1. The summed E-state index contributed by atoms with van der Waals surface area (Å²) in [4.78, 5) is 35.6. The number of thioether (sulfide) groups is 1. The topological polar surface area (TPSA) is 84.2 Å². The first-order chi connectivity index (χ1) is 22.4. The highest BCUT2D eigenvalue weighted by atomic mass is 32.2. The van der Waals surface area contributed by atoms with Gasteiger partial charge in [0, 0.05) is 43.2 Å². The highest BCUT2D eigenvalue weighted by Crippen LogP contribution is 2.29. The van der Waals surface area contributed by atoms with Crippen LogP contribution in [0.1, 0.15) is 67.9 Å². The molecule has 238 valence electrons. The Bertz CT molecular complexity index is 1810. The van der Waals surface area contributed by atoms with Crippen LogP contribution < -0.4 is 0 Å². The van der Waals surface area contributed by atoms with E-state index in [1.54, 1.807) is 0 Å². The summed E-state index contributed by atoms with van der Waals surface area (Å²) in [6.07, 6.45) is 5.97. The van der Waals surface area contributed by atoms with Crippen molar-refractivity contribution in [3.63, 3.8) is 0 Å². The van der Waals surface area contributed by atoms with Gasteiger partial charge in [-0.15, -0.1) is 10.2 Å². The third-order valence-corrected chi connectivity index (χ3v) is 9.83. The number of carbonyl (C=O) groups is 2. The Kier molecular flexibility index (Phi) is 9.97. The zero-order valence-electron chi connectivity index (χ0n) is 26.9. The fraction of sp³-hybridized carbons (Fsp3) is 0.378. The summed E-state index contributed by atoms with van der Waals surface area (Å²) in [6.45, 7) is 8.29. The maximum atomic E-state index is 13.6. The van der Waals surface area contributed by atoms with Crippen molar-refractivity contribution >= 4 is 45.6 Å². The van der Waals surface area contributed by atoms with E-state index in [2.05, 4.69) is 52.0 Å². The molecule has 3 heterocycles. The van der Waals surface area contributed by atoms with Gasteiger partial charge >= 0.3 is 0 Å². The van der Waals surface area contributed by atoms with Crippen molar-refractivity contribution < 1.29 is 9.59 Å². The first kappa shape index (κ1) is 31.7. The minimum absolute atomic E-state index is 0.0184. The first-order valence-corrected chi connectivity index (χ1v) is 17.3. The predicted molar refractivity (Wildman–Crippen MR) is 185 cm³/mol. The Hall–Kier alpha value is -4.24. The van der Waals surface area contributed by atoms with Crippen molar-refractivity contribution in [1.82, 2.24) is 29.5 Å². The Morgan fingerprint density at radius 2 is 1.65 bits per heavy atom. The van der Waals surface area contributed by atoms with Gasteiger partial charge in [0.1, 0.15) is 5.52 Å². The predicted octanol–water partition coefficient (Wildman–Crippen LogP) is 7.00. The van der Waals surface area contributed by atoms with E-state index in [4.69, 9.17) is 4.98 Å². The number of benzene rings is 3. The molecule has 0 aliphatic carbocycles. The van der Waals surface area contributed by atoms with Crippen molar-refractivity contribution in [3.8, 4) is 0 Å². The van der Waals surface area contributed by atoms with E-state index < -0.39 is 5.25 Å². The lowest BCUT2D eigenvalue weighted by atomic mass is 10.0. The standard InChI is InChI=1S/C37H42N6O2S/c1-4-5-6-8-13-28-18-20-30(21-19-28)36(45)42-23-22-41(24-26(42)2)35(44)27(3)46-37-38-34-33(39-40-37)31-16-11-12-17-32(31)43(34)25-29-14-9-7-10-15-29/h7,9-12,14-21,26-27H,4-6,8,13,22-25H2,1-3H3. The van der Waals surface area contributed by atoms with E-state index in [0.29, 0.717) is 36.9 Å². The van der Waals surface area contributed by atoms with Crippen LogP contribution in [0, 0.1) is 0 Å². The summed E-state index contributed by atoms with van der Waals surface area (Å²) in [7, 11) is 0. The molecule has 1 aliphatic rings. The molecule has 2 aromatic heterocycles. The second-order valence-electron chi connectivity index (χ2n) is 12.3. The molecule has 2 unspecified atom stereocenters. The number of aryl methyl sites for hydroxylation is 1. The lowest BCUT2D eigenvalue weighted by Crippen LogP contribution is -2.56. The number of nitrogens with zero attached hydrogens (tertiary/aromatic N) is 6. The summed E-state index contributed by atoms with van der Waals surface area (Å²) >= 11 is 1.33. The maximum Gasteiger partial charge on any atom is 0.254 e. The fourth-order valence-corrected chi connectivity index (χ4v) is 7.12. The highest BCUT2D eigenvalue weighted by molar-refractivity contribution is 8.00. The molecule has 1 fully saturated rings. The number of amides is 2. The second kappa shape index (κ2) is 14.5. The smallest absolute Gasteiger partial charge is 0.254 e. The summed E-state index contributed by atoms with van der Waals surface area (Å²) in [5, 5.41) is 10.1. The molecular weight excluding hydrogens is 593 g/mol. The van der Waals surface area contributed by atoms with Crippen molar-refractivity contribution in [1.29, 1.82) is 0 Å². The van der Waals surface area contributed by atoms with Crippen LogP contribution in [-0.4, -0.2) is 72.3 Å². The van der Waals surface area contributed by atoms with Gasteiger partial charge in [0.25, 0.3) is 5.91 Å². The Morgan fingerprint density at radius 3 is 2.41 bits per heavy atom. The van der Waals surface area contributed by atoms with Crippen molar-refractivity contribution in [3.05, 3.63) is 95.6 Å². The Morgan fingerprint density at radius 1 is 0.891 bits per heavy atom. The minimum Gasteiger partial charge on any atom is -0.338 e. The van der Waals surface area contributed by atoms with Gasteiger partial charge in [-0.3, -0.25) is 9.59 Å². The molecule has 0 N–H and O–H groups in total. The Balaban J connectivity index is 1.10. The van der Waals surface area contributed by atoms with E-state index >= 15 is 0 Å². The minimum atomic E-state index is -0.398. The van der Waals surface area contributed by atoms with Gasteiger partial charge < -0.3 is 14.4 Å². The van der Waals surface area contributed by atoms with Crippen LogP contribution in [0.2, 0.25) is 0 Å². The normalized spacial score (nSPS) is 15.8. The molecule has 9 heteroatoms. The van der Waals surface area contributed by atoms with Crippen molar-refractivity contribution in [2.24, 2.45) is 0 Å². The largest absolute Gasteiger partial charge is 0.338 e. The summed E-state index contributed by atoms with van der Waals surface area (Å²) in [5.41, 5.74) is 5.71. The number of unbranched alkanes of at least 4 members (excludes halogenated alkanes) is 3. The molecule has 1 aliphatic heterocycles. The van der Waals surface area contributed by atoms with Gasteiger partial charge in [-0.25, -0.2) is 4.98 Å². The zero-order chi connectivity index (χ0) is 32.0. The number of rotatable bonds is 11. The number of aromatic nitrogens is 4. The quantitative estimate of drug-likeness (QED) is 0.115. The van der Waals surface area contributed by atoms with E-state index in [0.717, 1.165) is 28.5 Å². The molecule has 1 saturated heterocycles. The van der Waals surface area contributed by atoms with Crippen LogP contribution in [0.15, 0.2) is 84.0 Å². The van der Waals surface area contributed by atoms with Crippen molar-refractivity contribution in [2.75, 3.05) is 19.6 Å². The number of hydrogen-bond acceptors (Lipinski definition) is 6. The average molecular weight is 635 g/mol. The van der Waals surface area contributed by atoms with Crippen LogP contribution >= 0.6 is 11.8 Å². The molecule has 0 bridgehead atoms. The molecule has 2 atom stereocenters. The van der Waals surface area contributed by atoms with Crippen LogP contribution in [0.25, 0.3) is 22.1 Å². The maximum absolute atomic E-state index is 13.6. The average Bonchev–Trinajstić information content (AvgIpc) is 3.39. The molecule has 46 heavy (non-hydrogen) atoms. The van der Waals surface area contributed by atoms with Gasteiger partial charge in [-0.05, 0) is 56.0 Å². The number of piperazine rings is 1. The lowest BCUT2D eigenvalue weighted by molar-refractivity contribution is -0.132. The molecule has 2 amide bonds.